The van der Waals surface area contributed by atoms with Crippen LogP contribution in [0.4, 0.5) is 0 Å². The fourth-order valence-corrected chi connectivity index (χ4v) is 12.1. The molecule has 0 aromatic heterocycles. The molecule has 0 aromatic rings. The van der Waals surface area contributed by atoms with E-state index in [0.717, 1.165) is 102 Å². The van der Waals surface area contributed by atoms with Gasteiger partial charge in [-0.05, 0) is 37.5 Å². The minimum Gasteiger partial charge on any atom is -0.462 e. The molecule has 17 nitrogen and oxygen atoms in total. The molecule has 6 atom stereocenters. The first-order valence-corrected chi connectivity index (χ1v) is 39.5. The summed E-state index contributed by atoms with van der Waals surface area (Å²) in [6, 6.07) is 0. The van der Waals surface area contributed by atoms with Crippen LogP contribution in [0.15, 0.2) is 0 Å². The van der Waals surface area contributed by atoms with E-state index in [0.29, 0.717) is 31.6 Å². The highest BCUT2D eigenvalue weighted by molar-refractivity contribution is 7.47. The second kappa shape index (κ2) is 62.2. The summed E-state index contributed by atoms with van der Waals surface area (Å²) in [5.74, 6) is -0.668. The number of carbonyl (C=O) groups is 4. The van der Waals surface area contributed by atoms with Crippen molar-refractivity contribution in [3.05, 3.63) is 0 Å². The summed E-state index contributed by atoms with van der Waals surface area (Å²) in [6.45, 7) is 9.47. The second-order valence-electron chi connectivity index (χ2n) is 26.0. The first-order chi connectivity index (χ1) is 42.9. The topological polar surface area (TPSA) is 237 Å². The van der Waals surface area contributed by atoms with Gasteiger partial charge >= 0.3 is 39.5 Å². The summed E-state index contributed by atoms with van der Waals surface area (Å²) in [5.41, 5.74) is 0. The number of hydrogen-bond donors (Lipinski definition) is 3. The SMILES string of the molecule is CCCCCCCCCCCCCCCCCCCC(=O)O[C@H](COC(=O)CCCCCCCCCCC(C)CC)COP(=O)(O)OC[C@@H](O)COP(=O)(O)OC[C@@H](COC(=O)CCCCCCCCC(C)C)OC(=O)CCCCCCCCCCCCC. The van der Waals surface area contributed by atoms with Crippen LogP contribution in [0.2, 0.25) is 0 Å². The predicted molar refractivity (Wildman–Crippen MR) is 358 cm³/mol. The van der Waals surface area contributed by atoms with E-state index < -0.39 is 97.5 Å². The number of phosphoric ester groups is 2. The summed E-state index contributed by atoms with van der Waals surface area (Å²) in [5, 5.41) is 10.6. The van der Waals surface area contributed by atoms with Crippen LogP contribution in [0.1, 0.15) is 356 Å². The maximum absolute atomic E-state index is 13.0. The fourth-order valence-electron chi connectivity index (χ4n) is 10.6. The van der Waals surface area contributed by atoms with Gasteiger partial charge in [0.2, 0.25) is 0 Å². The molecule has 3 N–H and O–H groups in total. The van der Waals surface area contributed by atoms with Gasteiger partial charge in [0, 0.05) is 25.7 Å². The molecule has 0 radical (unpaired) electrons. The van der Waals surface area contributed by atoms with Crippen LogP contribution < -0.4 is 0 Å². The standard InChI is InChI=1S/C70H136O17P2/c1-7-10-12-14-16-18-20-21-22-23-24-25-27-29-35-43-49-55-70(75)86-65(58-80-67(72)52-46-40-33-31-30-32-39-45-51-63(6)9-3)60-84-88(76,77)82-56-64(71)57-83-89(78,79)85-61-66(59-81-68(73)53-47-41-37-36-38-44-50-62(4)5)87-69(74)54-48-42-34-28-26-19-17-15-13-11-8-2/h62-66,71H,7-61H2,1-6H3,(H,76,77)(H,78,79)/t63?,64-,65-,66-/m1/s1. The van der Waals surface area contributed by atoms with E-state index >= 15 is 0 Å². The number of aliphatic hydroxyl groups excluding tert-OH is 1. The Morgan fingerprint density at radius 3 is 0.854 bits per heavy atom. The Bertz CT molecular complexity index is 1740. The van der Waals surface area contributed by atoms with Gasteiger partial charge in [-0.3, -0.25) is 37.3 Å². The molecule has 89 heavy (non-hydrogen) atoms. The predicted octanol–water partition coefficient (Wildman–Crippen LogP) is 20.0. The third kappa shape index (κ3) is 63.2. The average molecular weight is 1310 g/mol. The second-order valence-corrected chi connectivity index (χ2v) is 28.9. The lowest BCUT2D eigenvalue weighted by Gasteiger charge is -2.21. The number of ether oxygens (including phenoxy) is 4. The summed E-state index contributed by atoms with van der Waals surface area (Å²) in [6.07, 6.45) is 47.3. The van der Waals surface area contributed by atoms with Crippen molar-refractivity contribution in [1.82, 2.24) is 0 Å². The molecule has 0 aromatic carbocycles. The first kappa shape index (κ1) is 87.1. The van der Waals surface area contributed by atoms with E-state index in [4.69, 9.17) is 37.0 Å². The lowest BCUT2D eigenvalue weighted by molar-refractivity contribution is -0.161. The van der Waals surface area contributed by atoms with Gasteiger partial charge in [-0.2, -0.15) is 0 Å². The van der Waals surface area contributed by atoms with Gasteiger partial charge in [0.15, 0.2) is 12.2 Å². The quantitative estimate of drug-likeness (QED) is 0.0222. The lowest BCUT2D eigenvalue weighted by atomic mass is 9.99. The Morgan fingerprint density at radius 1 is 0.326 bits per heavy atom. The number of unbranched alkanes of at least 4 members (excludes halogenated alkanes) is 38. The number of rotatable bonds is 69. The Morgan fingerprint density at radius 2 is 0.573 bits per heavy atom. The van der Waals surface area contributed by atoms with Gasteiger partial charge in [0.1, 0.15) is 19.3 Å². The van der Waals surface area contributed by atoms with Crippen molar-refractivity contribution in [2.24, 2.45) is 11.8 Å². The van der Waals surface area contributed by atoms with Gasteiger partial charge in [-0.25, -0.2) is 9.13 Å². The summed E-state index contributed by atoms with van der Waals surface area (Å²) >= 11 is 0. The molecule has 0 spiro atoms. The molecule has 0 fully saturated rings. The Balaban J connectivity index is 5.23. The number of carbonyl (C=O) groups excluding carboxylic acids is 4. The van der Waals surface area contributed by atoms with Gasteiger partial charge in [0.05, 0.1) is 26.4 Å². The van der Waals surface area contributed by atoms with Crippen LogP contribution in [-0.2, 0) is 65.4 Å². The molecular formula is C70H136O17P2. The molecule has 19 heteroatoms. The van der Waals surface area contributed by atoms with Crippen LogP contribution in [0.3, 0.4) is 0 Å². The van der Waals surface area contributed by atoms with Gasteiger partial charge < -0.3 is 33.8 Å². The zero-order valence-electron chi connectivity index (χ0n) is 57.7. The van der Waals surface area contributed by atoms with Crippen LogP contribution >= 0.6 is 15.6 Å². The zero-order valence-corrected chi connectivity index (χ0v) is 59.5. The highest BCUT2D eigenvalue weighted by Gasteiger charge is 2.30. The zero-order chi connectivity index (χ0) is 65.7. The van der Waals surface area contributed by atoms with E-state index in [2.05, 4.69) is 41.5 Å². The molecule has 0 saturated heterocycles. The Kier molecular flexibility index (Phi) is 60.8. The van der Waals surface area contributed by atoms with Crippen LogP contribution in [-0.4, -0.2) is 96.7 Å². The molecule has 0 aliphatic carbocycles. The van der Waals surface area contributed by atoms with E-state index in [1.54, 1.807) is 0 Å². The van der Waals surface area contributed by atoms with Crippen molar-refractivity contribution in [3.8, 4) is 0 Å². The number of phosphoric acid groups is 2. The summed E-state index contributed by atoms with van der Waals surface area (Å²) in [4.78, 5) is 72.5. The highest BCUT2D eigenvalue weighted by atomic mass is 31.2. The van der Waals surface area contributed by atoms with E-state index in [1.807, 2.05) is 0 Å². The van der Waals surface area contributed by atoms with E-state index in [1.165, 1.54) is 167 Å². The average Bonchev–Trinajstić information content (AvgIpc) is 3.53. The molecule has 0 rings (SSSR count). The van der Waals surface area contributed by atoms with Gasteiger partial charge in [0.25, 0.3) is 0 Å². The van der Waals surface area contributed by atoms with E-state index in [9.17, 15) is 43.2 Å². The molecule has 0 bridgehead atoms. The Labute approximate surface area is 543 Å². The molecule has 3 unspecified atom stereocenters. The van der Waals surface area contributed by atoms with Crippen molar-refractivity contribution in [1.29, 1.82) is 0 Å². The van der Waals surface area contributed by atoms with Crippen LogP contribution in [0.25, 0.3) is 0 Å². The van der Waals surface area contributed by atoms with Crippen molar-refractivity contribution in [2.75, 3.05) is 39.6 Å². The van der Waals surface area contributed by atoms with Crippen LogP contribution in [0, 0.1) is 11.8 Å². The smallest absolute Gasteiger partial charge is 0.462 e. The van der Waals surface area contributed by atoms with Gasteiger partial charge in [-0.1, -0.05) is 305 Å². The van der Waals surface area contributed by atoms with Crippen molar-refractivity contribution >= 4 is 39.5 Å². The number of hydrogen-bond acceptors (Lipinski definition) is 15. The first-order valence-electron chi connectivity index (χ1n) is 36.5. The van der Waals surface area contributed by atoms with Crippen molar-refractivity contribution in [2.45, 2.75) is 374 Å². The minimum absolute atomic E-state index is 0.106. The molecule has 0 saturated carbocycles. The fraction of sp³-hybridized carbons (Fsp3) is 0.943. The molecule has 0 heterocycles. The molecule has 0 aliphatic rings. The van der Waals surface area contributed by atoms with Crippen molar-refractivity contribution < 1.29 is 80.2 Å². The third-order valence-corrected chi connectivity index (χ3v) is 18.5. The molecule has 0 aliphatic heterocycles. The summed E-state index contributed by atoms with van der Waals surface area (Å²) in [7, 11) is -9.90. The number of esters is 4. The minimum atomic E-state index is -4.95. The monoisotopic (exact) mass is 1310 g/mol. The normalized spacial score (nSPS) is 14.4. The highest BCUT2D eigenvalue weighted by Crippen LogP contribution is 2.45. The number of aliphatic hydroxyl groups is 1. The van der Waals surface area contributed by atoms with Crippen molar-refractivity contribution in [3.63, 3.8) is 0 Å². The van der Waals surface area contributed by atoms with E-state index in [-0.39, 0.29) is 25.7 Å². The molecule has 0 amide bonds. The molecular weight excluding hydrogens is 1170 g/mol. The molecule has 528 valence electrons. The van der Waals surface area contributed by atoms with Crippen LogP contribution in [0.5, 0.6) is 0 Å². The Hall–Kier alpha value is -1.94. The lowest BCUT2D eigenvalue weighted by Crippen LogP contribution is -2.30. The largest absolute Gasteiger partial charge is 0.472 e. The maximum atomic E-state index is 13.0. The maximum Gasteiger partial charge on any atom is 0.472 e. The van der Waals surface area contributed by atoms with Gasteiger partial charge in [-0.15, -0.1) is 0 Å². The third-order valence-electron chi connectivity index (χ3n) is 16.6. The summed E-state index contributed by atoms with van der Waals surface area (Å²) < 4.78 is 68.2.